The molecule has 2 heterocycles. The van der Waals surface area contributed by atoms with Gasteiger partial charge in [-0.25, -0.2) is 4.98 Å². The van der Waals surface area contributed by atoms with E-state index >= 15 is 0 Å². The summed E-state index contributed by atoms with van der Waals surface area (Å²) in [6.45, 7) is 2.07. The number of thiazole rings is 1. The molecule has 26 heavy (non-hydrogen) atoms. The largest absolute Gasteiger partial charge is 0.283 e. The Morgan fingerprint density at radius 3 is 2.77 bits per heavy atom. The Hall–Kier alpha value is -1.92. The van der Waals surface area contributed by atoms with Crippen molar-refractivity contribution in [2.75, 3.05) is 0 Å². The normalized spacial score (nSPS) is 21.9. The van der Waals surface area contributed by atoms with Crippen LogP contribution in [0.3, 0.4) is 0 Å². The van der Waals surface area contributed by atoms with Gasteiger partial charge in [0.15, 0.2) is 5.17 Å². The van der Waals surface area contributed by atoms with Crippen LogP contribution in [0.1, 0.15) is 43.2 Å². The number of thioether (sulfide) groups is 1. The highest BCUT2D eigenvalue weighted by Gasteiger charge is 2.38. The lowest BCUT2D eigenvalue weighted by Gasteiger charge is -2.30. The predicted octanol–water partition coefficient (Wildman–Crippen LogP) is 5.39. The van der Waals surface area contributed by atoms with E-state index in [2.05, 4.69) is 24.0 Å². The second kappa shape index (κ2) is 7.76. The summed E-state index contributed by atoms with van der Waals surface area (Å²) in [5, 5.41) is 3.39. The molecule has 1 amide bonds. The van der Waals surface area contributed by atoms with Crippen LogP contribution in [-0.2, 0) is 4.79 Å². The van der Waals surface area contributed by atoms with Gasteiger partial charge in [0, 0.05) is 17.6 Å². The summed E-state index contributed by atoms with van der Waals surface area (Å²) in [4.78, 5) is 24.8. The number of rotatable bonds is 3. The third-order valence-electron chi connectivity index (χ3n) is 4.86. The Bertz CT molecular complexity index is 852. The molecule has 2 aliphatic rings. The van der Waals surface area contributed by atoms with Crippen LogP contribution in [0.4, 0.5) is 5.13 Å². The van der Waals surface area contributed by atoms with E-state index in [9.17, 15) is 4.79 Å². The van der Waals surface area contributed by atoms with Gasteiger partial charge in [-0.3, -0.25) is 9.69 Å². The third kappa shape index (κ3) is 3.62. The van der Waals surface area contributed by atoms with Gasteiger partial charge in [-0.1, -0.05) is 43.5 Å². The number of aryl methyl sites for hydroxylation is 1. The first kappa shape index (κ1) is 17.5. The fourth-order valence-electron chi connectivity index (χ4n) is 3.47. The van der Waals surface area contributed by atoms with Gasteiger partial charge in [0.05, 0.1) is 4.91 Å². The number of benzene rings is 1. The van der Waals surface area contributed by atoms with Gasteiger partial charge in [-0.2, -0.15) is 4.99 Å². The Balaban J connectivity index is 1.70. The summed E-state index contributed by atoms with van der Waals surface area (Å²) in [5.74, 6) is 0.0838. The molecule has 0 radical (unpaired) electrons. The quantitative estimate of drug-likeness (QED) is 0.668. The first-order chi connectivity index (χ1) is 12.7. The number of carbonyl (C=O) groups is 1. The molecule has 134 valence electrons. The zero-order valence-electron chi connectivity index (χ0n) is 14.7. The maximum Gasteiger partial charge on any atom is 0.267 e. The first-order valence-corrected chi connectivity index (χ1v) is 10.7. The molecular formula is C20H21N3OS2. The zero-order valence-corrected chi connectivity index (χ0v) is 16.4. The summed E-state index contributed by atoms with van der Waals surface area (Å²) in [7, 11) is 0. The van der Waals surface area contributed by atoms with Gasteiger partial charge in [0.1, 0.15) is 0 Å². The van der Waals surface area contributed by atoms with Crippen LogP contribution in [0, 0.1) is 6.92 Å². The van der Waals surface area contributed by atoms with Crippen LogP contribution in [0.2, 0.25) is 0 Å². The first-order valence-electron chi connectivity index (χ1n) is 8.99. The second-order valence-electron chi connectivity index (χ2n) is 6.64. The van der Waals surface area contributed by atoms with E-state index in [1.165, 1.54) is 47.9 Å². The molecular weight excluding hydrogens is 362 g/mol. The van der Waals surface area contributed by atoms with E-state index in [0.29, 0.717) is 5.13 Å². The average Bonchev–Trinajstić information content (AvgIpc) is 3.27. The molecule has 2 fully saturated rings. The highest BCUT2D eigenvalue weighted by molar-refractivity contribution is 8.18. The second-order valence-corrected chi connectivity index (χ2v) is 8.53. The molecule has 1 saturated carbocycles. The zero-order chi connectivity index (χ0) is 17.9. The minimum Gasteiger partial charge on any atom is -0.283 e. The standard InChI is InChI=1S/C20H21N3OS2/c1-14-7-5-6-8-15(14)13-17-18(24)23(16-9-3-2-4-10-16)20(26-17)22-19-21-11-12-25-19/h5-8,11-13,16H,2-4,9-10H2,1H3/b17-13-,22-20+. The predicted molar refractivity (Wildman–Crippen MR) is 110 cm³/mol. The molecule has 0 spiro atoms. The molecule has 1 aliphatic heterocycles. The smallest absolute Gasteiger partial charge is 0.267 e. The number of hydrogen-bond acceptors (Lipinski definition) is 5. The van der Waals surface area contributed by atoms with Crippen molar-refractivity contribution in [2.45, 2.75) is 45.1 Å². The molecule has 2 aromatic rings. The van der Waals surface area contributed by atoms with E-state index in [-0.39, 0.29) is 11.9 Å². The fraction of sp³-hybridized carbons (Fsp3) is 0.350. The van der Waals surface area contributed by atoms with Gasteiger partial charge in [0.25, 0.3) is 5.91 Å². The van der Waals surface area contributed by atoms with E-state index in [1.807, 2.05) is 28.5 Å². The molecule has 0 unspecified atom stereocenters. The van der Waals surface area contributed by atoms with Crippen LogP contribution in [-0.4, -0.2) is 27.0 Å². The number of carbonyl (C=O) groups excluding carboxylic acids is 1. The van der Waals surface area contributed by atoms with E-state index < -0.39 is 0 Å². The topological polar surface area (TPSA) is 45.6 Å². The maximum absolute atomic E-state index is 13.2. The summed E-state index contributed by atoms with van der Waals surface area (Å²) in [5.41, 5.74) is 2.25. The SMILES string of the molecule is Cc1ccccc1/C=C1\S/C(=N/c2nccs2)N(C2CCCCC2)C1=O. The highest BCUT2D eigenvalue weighted by Crippen LogP contribution is 2.38. The van der Waals surface area contributed by atoms with E-state index in [1.54, 1.807) is 6.20 Å². The Labute approximate surface area is 162 Å². The van der Waals surface area contributed by atoms with Crippen molar-refractivity contribution in [3.63, 3.8) is 0 Å². The highest BCUT2D eigenvalue weighted by atomic mass is 32.2. The minimum atomic E-state index is 0.0838. The third-order valence-corrected chi connectivity index (χ3v) is 6.51. The number of aromatic nitrogens is 1. The number of aliphatic imine (C=N–C) groups is 1. The molecule has 1 aliphatic carbocycles. The molecule has 4 rings (SSSR count). The maximum atomic E-state index is 13.2. The van der Waals surface area contributed by atoms with Gasteiger partial charge in [0.2, 0.25) is 5.13 Å². The van der Waals surface area contributed by atoms with Gasteiger partial charge in [-0.15, -0.1) is 11.3 Å². The van der Waals surface area contributed by atoms with E-state index in [4.69, 9.17) is 4.99 Å². The molecule has 6 heteroatoms. The molecule has 0 atom stereocenters. The van der Waals surface area contributed by atoms with Crippen LogP contribution in [0.15, 0.2) is 45.7 Å². The fourth-order valence-corrected chi connectivity index (χ4v) is 5.06. The molecule has 0 bridgehead atoms. The van der Waals surface area contributed by atoms with Crippen molar-refractivity contribution in [2.24, 2.45) is 4.99 Å². The van der Waals surface area contributed by atoms with Gasteiger partial charge < -0.3 is 0 Å². The van der Waals surface area contributed by atoms with Crippen molar-refractivity contribution in [1.29, 1.82) is 0 Å². The molecule has 1 saturated heterocycles. The molecule has 1 aromatic carbocycles. The summed E-state index contributed by atoms with van der Waals surface area (Å²) in [6.07, 6.45) is 9.49. The van der Waals surface area contributed by atoms with Crippen molar-refractivity contribution < 1.29 is 4.79 Å². The number of hydrogen-bond donors (Lipinski definition) is 0. The van der Waals surface area contributed by atoms with Crippen molar-refractivity contribution in [3.8, 4) is 0 Å². The van der Waals surface area contributed by atoms with Gasteiger partial charge in [-0.05, 0) is 48.7 Å². The van der Waals surface area contributed by atoms with E-state index in [0.717, 1.165) is 28.5 Å². The molecule has 0 N–H and O–H groups in total. The summed E-state index contributed by atoms with van der Waals surface area (Å²) in [6, 6.07) is 8.40. The lowest BCUT2D eigenvalue weighted by atomic mass is 9.94. The van der Waals surface area contributed by atoms with Crippen LogP contribution < -0.4 is 0 Å². The number of amides is 1. The number of amidine groups is 1. The summed E-state index contributed by atoms with van der Waals surface area (Å²) < 4.78 is 0. The van der Waals surface area contributed by atoms with Crippen LogP contribution in [0.25, 0.3) is 6.08 Å². The van der Waals surface area contributed by atoms with Crippen LogP contribution in [0.5, 0.6) is 0 Å². The Morgan fingerprint density at radius 1 is 1.23 bits per heavy atom. The Morgan fingerprint density at radius 2 is 2.04 bits per heavy atom. The Kier molecular flexibility index (Phi) is 5.22. The lowest BCUT2D eigenvalue weighted by molar-refractivity contribution is -0.124. The number of nitrogens with zero attached hydrogens (tertiary/aromatic N) is 3. The lowest BCUT2D eigenvalue weighted by Crippen LogP contribution is -2.40. The van der Waals surface area contributed by atoms with Crippen molar-refractivity contribution >= 4 is 45.4 Å². The van der Waals surface area contributed by atoms with Gasteiger partial charge >= 0.3 is 0 Å². The summed E-state index contributed by atoms with van der Waals surface area (Å²) >= 11 is 2.97. The van der Waals surface area contributed by atoms with Crippen molar-refractivity contribution in [1.82, 2.24) is 9.88 Å². The monoisotopic (exact) mass is 383 g/mol. The van der Waals surface area contributed by atoms with Crippen molar-refractivity contribution in [3.05, 3.63) is 51.9 Å². The minimum absolute atomic E-state index is 0.0838. The average molecular weight is 384 g/mol. The molecule has 4 nitrogen and oxygen atoms in total. The molecule has 1 aromatic heterocycles. The van der Waals surface area contributed by atoms with Crippen LogP contribution >= 0.6 is 23.1 Å².